The van der Waals surface area contributed by atoms with Crippen LogP contribution in [-0.4, -0.2) is 35.6 Å². The molecule has 0 radical (unpaired) electrons. The van der Waals surface area contributed by atoms with E-state index in [-0.39, 0.29) is 11.1 Å². The zero-order valence-corrected chi connectivity index (χ0v) is 21.7. The second kappa shape index (κ2) is 10.3. The average molecular weight is 591 g/mol. The summed E-state index contributed by atoms with van der Waals surface area (Å²) in [7, 11) is -4.06. The molecule has 1 saturated heterocycles. The summed E-state index contributed by atoms with van der Waals surface area (Å²) < 4.78 is 65.6. The normalized spacial score (nSPS) is 16.1. The average Bonchev–Trinajstić information content (AvgIpc) is 3.25. The zero-order valence-electron chi connectivity index (χ0n) is 19.3. The highest BCUT2D eigenvalue weighted by molar-refractivity contribution is 9.10. The van der Waals surface area contributed by atoms with Gasteiger partial charge in [-0.2, -0.15) is 5.10 Å². The SMILES string of the molecule is O=C(c1c(F)ccc(NS(=O)(=O)Cc2ccccc2)c1F)c1nn(C2CCCCO2)c2ncc(Br)cc12. The molecule has 1 aliphatic heterocycles. The molecule has 0 saturated carbocycles. The lowest BCUT2D eigenvalue weighted by Crippen LogP contribution is -2.20. The van der Waals surface area contributed by atoms with Crippen LogP contribution in [0.4, 0.5) is 14.5 Å². The fourth-order valence-corrected chi connectivity index (χ4v) is 5.77. The Hall–Kier alpha value is -3.22. The van der Waals surface area contributed by atoms with Crippen LogP contribution in [0.3, 0.4) is 0 Å². The van der Waals surface area contributed by atoms with Gasteiger partial charge in [-0.1, -0.05) is 30.3 Å². The Kier molecular flexibility index (Phi) is 7.06. The summed E-state index contributed by atoms with van der Waals surface area (Å²) in [6, 6.07) is 11.7. The van der Waals surface area contributed by atoms with E-state index in [4.69, 9.17) is 4.74 Å². The number of hydrogen-bond donors (Lipinski definition) is 1. The molecular formula is C25H21BrF2N4O4S. The molecule has 1 N–H and O–H groups in total. The number of pyridine rings is 1. The molecule has 0 amide bonds. The molecule has 1 unspecified atom stereocenters. The van der Waals surface area contributed by atoms with Crippen molar-refractivity contribution in [3.05, 3.63) is 87.7 Å². The van der Waals surface area contributed by atoms with Crippen molar-refractivity contribution in [2.75, 3.05) is 11.3 Å². The van der Waals surface area contributed by atoms with E-state index in [1.54, 1.807) is 36.4 Å². The molecule has 12 heteroatoms. The van der Waals surface area contributed by atoms with Crippen molar-refractivity contribution >= 4 is 48.5 Å². The Morgan fingerprint density at radius 2 is 1.95 bits per heavy atom. The number of halogens is 3. The number of carbonyl (C=O) groups excluding carboxylic acids is 1. The second-order valence-electron chi connectivity index (χ2n) is 8.60. The molecule has 2 aromatic heterocycles. The van der Waals surface area contributed by atoms with Crippen LogP contribution in [0.25, 0.3) is 11.0 Å². The third kappa shape index (κ3) is 5.27. The molecule has 1 atom stereocenters. The van der Waals surface area contributed by atoms with Gasteiger partial charge in [-0.05, 0) is 59.0 Å². The van der Waals surface area contributed by atoms with Crippen molar-refractivity contribution in [3.63, 3.8) is 0 Å². The Morgan fingerprint density at radius 1 is 1.16 bits per heavy atom. The first-order valence-electron chi connectivity index (χ1n) is 11.5. The van der Waals surface area contributed by atoms with Crippen LogP contribution < -0.4 is 4.72 Å². The standard InChI is InChI=1S/C25H21BrF2N4O4S/c26-16-12-17-23(30-32(25(17)29-13-16)20-8-4-5-11-36-20)24(33)21-18(27)9-10-19(22(21)28)31-37(34,35)14-15-6-2-1-3-7-15/h1-3,6-7,9-10,12-13,20,31H,4-5,8,11,14H2. The van der Waals surface area contributed by atoms with E-state index in [2.05, 4.69) is 30.7 Å². The van der Waals surface area contributed by atoms with Gasteiger partial charge in [-0.3, -0.25) is 9.52 Å². The number of hydrogen-bond acceptors (Lipinski definition) is 6. The highest BCUT2D eigenvalue weighted by Crippen LogP contribution is 2.31. The van der Waals surface area contributed by atoms with Crippen LogP contribution >= 0.6 is 15.9 Å². The van der Waals surface area contributed by atoms with Crippen molar-refractivity contribution in [2.24, 2.45) is 0 Å². The first-order chi connectivity index (χ1) is 17.7. The summed E-state index contributed by atoms with van der Waals surface area (Å²) in [5.41, 5.74) is -0.872. The number of rotatable bonds is 7. The molecular weight excluding hydrogens is 570 g/mol. The Morgan fingerprint density at radius 3 is 2.68 bits per heavy atom. The summed E-state index contributed by atoms with van der Waals surface area (Å²) in [5.74, 6) is -3.95. The van der Waals surface area contributed by atoms with Gasteiger partial charge in [0.1, 0.15) is 11.5 Å². The van der Waals surface area contributed by atoms with E-state index in [1.165, 1.54) is 10.9 Å². The maximum atomic E-state index is 15.5. The summed E-state index contributed by atoms with van der Waals surface area (Å²) in [6.07, 6.45) is 3.48. The minimum absolute atomic E-state index is 0.222. The van der Waals surface area contributed by atoms with Gasteiger partial charge in [-0.25, -0.2) is 26.9 Å². The zero-order chi connectivity index (χ0) is 26.2. The van der Waals surface area contributed by atoms with Crippen molar-refractivity contribution in [1.29, 1.82) is 0 Å². The number of fused-ring (bicyclic) bond motifs is 1. The molecule has 3 heterocycles. The number of sulfonamides is 1. The number of nitrogens with zero attached hydrogens (tertiary/aromatic N) is 3. The lowest BCUT2D eigenvalue weighted by Gasteiger charge is -2.22. The predicted molar refractivity (Wildman–Crippen MR) is 137 cm³/mol. The van der Waals surface area contributed by atoms with E-state index >= 15 is 4.39 Å². The molecule has 2 aromatic carbocycles. The van der Waals surface area contributed by atoms with Crippen LogP contribution in [0.1, 0.15) is 47.1 Å². The van der Waals surface area contributed by atoms with Crippen molar-refractivity contribution in [3.8, 4) is 0 Å². The summed E-state index contributed by atoms with van der Waals surface area (Å²) in [4.78, 5) is 17.8. The predicted octanol–water partition coefficient (Wildman–Crippen LogP) is 5.34. The largest absolute Gasteiger partial charge is 0.356 e. The molecule has 192 valence electrons. The Labute approximate surface area is 219 Å². The van der Waals surface area contributed by atoms with Crippen LogP contribution in [-0.2, 0) is 20.5 Å². The lowest BCUT2D eigenvalue weighted by molar-refractivity contribution is -0.0371. The van der Waals surface area contributed by atoms with Crippen LogP contribution in [0, 0.1) is 11.6 Å². The van der Waals surface area contributed by atoms with Gasteiger partial charge in [0, 0.05) is 17.3 Å². The topological polar surface area (TPSA) is 103 Å². The fourth-order valence-electron chi connectivity index (χ4n) is 4.24. The summed E-state index contributed by atoms with van der Waals surface area (Å²) in [5, 5.41) is 4.64. The van der Waals surface area contributed by atoms with Crippen LogP contribution in [0.5, 0.6) is 0 Å². The molecule has 5 rings (SSSR count). The van der Waals surface area contributed by atoms with Crippen molar-refractivity contribution in [2.45, 2.75) is 31.2 Å². The van der Waals surface area contributed by atoms with Gasteiger partial charge in [0.15, 0.2) is 17.7 Å². The first-order valence-corrected chi connectivity index (χ1v) is 13.9. The fraction of sp³-hybridized carbons (Fsp3) is 0.240. The van der Waals surface area contributed by atoms with Gasteiger partial charge >= 0.3 is 0 Å². The molecule has 0 aliphatic carbocycles. The lowest BCUT2D eigenvalue weighted by atomic mass is 10.0. The first kappa shape index (κ1) is 25.4. The smallest absolute Gasteiger partial charge is 0.237 e. The van der Waals surface area contributed by atoms with E-state index in [0.29, 0.717) is 28.7 Å². The Balaban J connectivity index is 1.53. The maximum Gasteiger partial charge on any atom is 0.237 e. The summed E-state index contributed by atoms with van der Waals surface area (Å²) >= 11 is 3.31. The minimum atomic E-state index is -4.06. The van der Waals surface area contributed by atoms with Gasteiger partial charge < -0.3 is 4.74 Å². The summed E-state index contributed by atoms with van der Waals surface area (Å²) in [6.45, 7) is 0.514. The van der Waals surface area contributed by atoms with Crippen LogP contribution in [0.15, 0.2) is 59.2 Å². The second-order valence-corrected chi connectivity index (χ2v) is 11.2. The number of carbonyl (C=O) groups is 1. The number of nitrogens with one attached hydrogen (secondary N) is 1. The molecule has 0 spiro atoms. The number of aromatic nitrogens is 3. The third-order valence-corrected chi connectivity index (χ3v) is 7.62. The molecule has 4 aromatic rings. The Bertz CT molecular complexity index is 1590. The highest BCUT2D eigenvalue weighted by atomic mass is 79.9. The monoisotopic (exact) mass is 590 g/mol. The molecule has 1 fully saturated rings. The quantitative estimate of drug-likeness (QED) is 0.291. The van der Waals surface area contributed by atoms with Crippen LogP contribution in [0.2, 0.25) is 0 Å². The number of ketones is 1. The third-order valence-electron chi connectivity index (χ3n) is 5.94. The van der Waals surface area contributed by atoms with Gasteiger partial charge in [0.2, 0.25) is 15.8 Å². The number of ether oxygens (including phenoxy) is 1. The van der Waals surface area contributed by atoms with E-state index in [0.717, 1.165) is 25.0 Å². The molecule has 0 bridgehead atoms. The number of benzene rings is 2. The molecule has 8 nitrogen and oxygen atoms in total. The highest BCUT2D eigenvalue weighted by Gasteiger charge is 2.30. The molecule has 37 heavy (non-hydrogen) atoms. The van der Waals surface area contributed by atoms with Crippen molar-refractivity contribution < 1.29 is 26.7 Å². The van der Waals surface area contributed by atoms with E-state index in [1.807, 2.05) is 0 Å². The molecule has 1 aliphatic rings. The van der Waals surface area contributed by atoms with Gasteiger partial charge in [0.25, 0.3) is 0 Å². The van der Waals surface area contributed by atoms with E-state index in [9.17, 15) is 17.6 Å². The minimum Gasteiger partial charge on any atom is -0.356 e. The van der Waals surface area contributed by atoms with Gasteiger partial charge in [0.05, 0.1) is 22.4 Å². The van der Waals surface area contributed by atoms with E-state index < -0.39 is 50.7 Å². The van der Waals surface area contributed by atoms with Crippen molar-refractivity contribution in [1.82, 2.24) is 14.8 Å². The maximum absolute atomic E-state index is 15.5. The van der Waals surface area contributed by atoms with Gasteiger partial charge in [-0.15, -0.1) is 0 Å². The number of anilines is 1.